The Balaban J connectivity index is 1.58. The largest absolute Gasteiger partial charge is 0.481 e. The molecule has 23 N–H and O–H groups in total. The SMILES string of the molecule is CSCC[C@H](NC(=O)[C@@H](N)Cc1c[nH]c2ccccc12)C(=O)N[C@@H](Cc1c[nH]c2ccccc12)C(=O)N[C@H](C(=O)N[C@H](C(=O)N[C@@H](CCC(N)=O)C(=O)N[C@@H](CC(C)C)C(=O)N[C@@H](CCCN=C(N)N)C(=O)N[C@H](C(=O)N[C@@H](CC(=O)O)C(=O)O)[C@@H](C)O)[C@@H](C)O)C(C)C. The van der Waals surface area contributed by atoms with Gasteiger partial charge in [0.2, 0.25) is 59.1 Å². The molecule has 0 fully saturated rings. The monoisotopic (exact) mass is 1330 g/mol. The van der Waals surface area contributed by atoms with Crippen molar-refractivity contribution in [1.82, 2.24) is 57.8 Å². The van der Waals surface area contributed by atoms with E-state index in [4.69, 9.17) is 28.0 Å². The third kappa shape index (κ3) is 24.3. The van der Waals surface area contributed by atoms with E-state index < -0.39 is 169 Å². The fraction of sp³-hybridized carbons (Fsp3) is 0.525. The second kappa shape index (κ2) is 37.4. The van der Waals surface area contributed by atoms with Gasteiger partial charge >= 0.3 is 11.9 Å². The predicted molar refractivity (Wildman–Crippen MR) is 348 cm³/mol. The average molecular weight is 1340 g/mol. The molecule has 516 valence electrons. The number of aliphatic hydroxyl groups excluding tert-OH is 2. The Hall–Kier alpha value is -9.34. The fourth-order valence-electron chi connectivity index (χ4n) is 9.98. The number of thioether (sulfide) groups is 1. The number of hydrogen-bond acceptors (Lipinski definition) is 17. The number of carboxylic acids is 2. The van der Waals surface area contributed by atoms with Gasteiger partial charge in [0.15, 0.2) is 5.96 Å². The summed E-state index contributed by atoms with van der Waals surface area (Å²) in [6, 6.07) is -0.956. The number of benzene rings is 2. The van der Waals surface area contributed by atoms with E-state index in [1.165, 1.54) is 11.8 Å². The summed E-state index contributed by atoms with van der Waals surface area (Å²) in [6.45, 7) is 8.65. The Kier molecular flexibility index (Phi) is 30.7. The highest BCUT2D eigenvalue weighted by Gasteiger charge is 2.39. The van der Waals surface area contributed by atoms with Gasteiger partial charge in [0, 0.05) is 53.6 Å². The molecular formula is C61H90N16O16S. The summed E-state index contributed by atoms with van der Waals surface area (Å²) in [7, 11) is 0. The molecule has 0 aliphatic rings. The smallest absolute Gasteiger partial charge is 0.326 e. The van der Waals surface area contributed by atoms with Crippen molar-refractivity contribution in [3.8, 4) is 0 Å². The minimum absolute atomic E-state index is 0.00585. The number of aromatic amines is 2. The zero-order valence-corrected chi connectivity index (χ0v) is 54.3. The highest BCUT2D eigenvalue weighted by atomic mass is 32.2. The number of carboxylic acid groups (broad SMARTS) is 2. The molecule has 0 bridgehead atoms. The summed E-state index contributed by atoms with van der Waals surface area (Å²) in [5.41, 5.74) is 25.8. The zero-order valence-electron chi connectivity index (χ0n) is 53.5. The van der Waals surface area contributed by atoms with Gasteiger partial charge in [-0.1, -0.05) is 64.1 Å². The number of nitrogens with one attached hydrogen (secondary N) is 11. The molecule has 94 heavy (non-hydrogen) atoms. The molecule has 2 aromatic heterocycles. The minimum Gasteiger partial charge on any atom is -0.481 e. The number of aliphatic carboxylic acids is 2. The predicted octanol–water partition coefficient (Wildman–Crippen LogP) is -2.78. The van der Waals surface area contributed by atoms with Crippen molar-refractivity contribution in [1.29, 1.82) is 0 Å². The van der Waals surface area contributed by atoms with Gasteiger partial charge in [0.25, 0.3) is 0 Å². The van der Waals surface area contributed by atoms with E-state index in [1.807, 2.05) is 48.0 Å². The molecule has 0 unspecified atom stereocenters. The van der Waals surface area contributed by atoms with Crippen molar-refractivity contribution < 1.29 is 78.0 Å². The van der Waals surface area contributed by atoms with Crippen molar-refractivity contribution in [3.05, 3.63) is 72.1 Å². The number of hydrogen-bond donors (Lipinski definition) is 19. The van der Waals surface area contributed by atoms with E-state index in [1.54, 1.807) is 52.2 Å². The van der Waals surface area contributed by atoms with Gasteiger partial charge < -0.3 is 101 Å². The van der Waals surface area contributed by atoms with Crippen LogP contribution in [0.15, 0.2) is 65.9 Å². The topological polar surface area (TPSA) is 542 Å². The molecule has 2 heterocycles. The second-order valence-corrected chi connectivity index (χ2v) is 24.6. The van der Waals surface area contributed by atoms with E-state index in [-0.39, 0.29) is 56.9 Å². The molecule has 4 rings (SSSR count). The Morgan fingerprint density at radius 1 is 0.521 bits per heavy atom. The van der Waals surface area contributed by atoms with E-state index >= 15 is 0 Å². The maximum absolute atomic E-state index is 14.7. The van der Waals surface area contributed by atoms with Crippen LogP contribution in [0.25, 0.3) is 21.8 Å². The molecule has 4 aromatic rings. The lowest BCUT2D eigenvalue weighted by molar-refractivity contribution is -0.148. The number of guanidine groups is 1. The lowest BCUT2D eigenvalue weighted by Crippen LogP contribution is -2.63. The van der Waals surface area contributed by atoms with Crippen LogP contribution in [0.3, 0.4) is 0 Å². The van der Waals surface area contributed by atoms with Crippen LogP contribution in [0.5, 0.6) is 0 Å². The standard InChI is InChI=1S/C61H90N16O16S/c1-29(2)23-43(55(87)70-40(17-12-21-66-61(64)65)54(86)76-49(31(5)78)59(91)74-45(60(92)93)26-47(81)82)72-52(84)41(18-19-46(63)80)71-58(90)50(32(6)79)77-57(89)48(30(3)4)75-56(88)44(25-34-28-68-39-16-11-9-14-36(34)39)73-53(85)42(20-22-94-7)69-51(83)37(62)24-33-27-67-38-15-10-8-13-35(33)38/h8-11,13-16,27-32,37,40-45,48-50,67-68,78-79H,12,17-26,62H2,1-7H3,(H2,63,80)(H,69,83)(H,70,87)(H,71,90)(H,72,84)(H,73,85)(H,74,91)(H,75,88)(H,76,86)(H,77,89)(H,81,82)(H,92,93)(H4,64,65,66)/t31-,32-,37+,40+,41+,42+,43+,44+,45+,48+,49+,50+/m1/s1. The maximum Gasteiger partial charge on any atom is 0.326 e. The molecule has 10 amide bonds. The highest BCUT2D eigenvalue weighted by Crippen LogP contribution is 2.22. The van der Waals surface area contributed by atoms with E-state index in [9.17, 15) is 72.9 Å². The molecule has 0 spiro atoms. The normalized spacial score (nSPS) is 15.2. The number of aromatic nitrogens is 2. The van der Waals surface area contributed by atoms with Crippen LogP contribution in [0.1, 0.15) is 97.6 Å². The van der Waals surface area contributed by atoms with Crippen LogP contribution in [0, 0.1) is 11.8 Å². The number of primary amides is 1. The van der Waals surface area contributed by atoms with E-state index in [2.05, 4.69) is 57.5 Å². The summed E-state index contributed by atoms with van der Waals surface area (Å²) >= 11 is 1.42. The number of para-hydroxylation sites is 2. The molecule has 0 saturated carbocycles. The quantitative estimate of drug-likeness (QED) is 0.0122. The number of rotatable bonds is 40. The van der Waals surface area contributed by atoms with Crippen LogP contribution in [0.4, 0.5) is 0 Å². The molecule has 12 atom stereocenters. The van der Waals surface area contributed by atoms with Crippen molar-refractivity contribution in [2.45, 2.75) is 172 Å². The highest BCUT2D eigenvalue weighted by molar-refractivity contribution is 7.98. The number of H-pyrrole nitrogens is 2. The molecule has 0 aliphatic carbocycles. The third-order valence-electron chi connectivity index (χ3n) is 15.0. The number of fused-ring (bicyclic) bond motifs is 2. The van der Waals surface area contributed by atoms with Gasteiger partial charge in [-0.05, 0) is 99.5 Å². The summed E-state index contributed by atoms with van der Waals surface area (Å²) < 4.78 is 0. The first-order valence-corrected chi connectivity index (χ1v) is 31.9. The van der Waals surface area contributed by atoms with Crippen molar-refractivity contribution >= 4 is 111 Å². The number of nitrogens with two attached hydrogens (primary N) is 4. The number of aliphatic hydroxyl groups is 2. The van der Waals surface area contributed by atoms with Crippen LogP contribution >= 0.6 is 11.8 Å². The first kappa shape index (κ1) is 77.1. The van der Waals surface area contributed by atoms with Crippen molar-refractivity contribution in [2.75, 3.05) is 18.6 Å². The summed E-state index contributed by atoms with van der Waals surface area (Å²) in [4.78, 5) is 173. The molecule has 0 aliphatic heterocycles. The second-order valence-electron chi connectivity index (χ2n) is 23.6. The summed E-state index contributed by atoms with van der Waals surface area (Å²) in [5.74, 6) is -14.1. The van der Waals surface area contributed by atoms with E-state index in [0.717, 1.165) is 41.2 Å². The Bertz CT molecular complexity index is 3330. The first-order valence-electron chi connectivity index (χ1n) is 30.5. The molecule has 0 saturated heterocycles. The van der Waals surface area contributed by atoms with Crippen molar-refractivity contribution in [2.24, 2.45) is 39.8 Å². The number of aliphatic imine (C=N–C) groups is 1. The molecule has 0 radical (unpaired) electrons. The number of amides is 10. The zero-order chi connectivity index (χ0) is 70.1. The third-order valence-corrected chi connectivity index (χ3v) is 15.7. The number of carbonyl (C=O) groups excluding carboxylic acids is 10. The molecular weight excluding hydrogens is 1240 g/mol. The number of nitrogens with zero attached hydrogens (tertiary/aromatic N) is 1. The Morgan fingerprint density at radius 2 is 0.947 bits per heavy atom. The van der Waals surface area contributed by atoms with Crippen LogP contribution in [0.2, 0.25) is 0 Å². The molecule has 2 aromatic carbocycles. The lowest BCUT2D eigenvalue weighted by atomic mass is 9.99. The van der Waals surface area contributed by atoms with Gasteiger partial charge in [-0.25, -0.2) is 4.79 Å². The molecule has 32 nitrogen and oxygen atoms in total. The molecule has 33 heteroatoms. The Labute approximate surface area is 546 Å². The summed E-state index contributed by atoms with van der Waals surface area (Å²) in [6.07, 6.45) is -0.471. The van der Waals surface area contributed by atoms with E-state index in [0.29, 0.717) is 11.3 Å². The summed E-state index contributed by atoms with van der Waals surface area (Å²) in [5, 5.41) is 64.2. The van der Waals surface area contributed by atoms with Crippen LogP contribution in [-0.4, -0.2) is 199 Å². The first-order chi connectivity index (χ1) is 44.3. The van der Waals surface area contributed by atoms with Gasteiger partial charge in [0.05, 0.1) is 24.7 Å². The van der Waals surface area contributed by atoms with Crippen molar-refractivity contribution in [3.63, 3.8) is 0 Å². The average Bonchev–Trinajstić information content (AvgIpc) is 1.60. The lowest BCUT2D eigenvalue weighted by Gasteiger charge is -2.30. The fourth-order valence-corrected chi connectivity index (χ4v) is 10.5. The van der Waals surface area contributed by atoms with Gasteiger partial charge in [-0.3, -0.25) is 57.7 Å². The van der Waals surface area contributed by atoms with Gasteiger partial charge in [-0.15, -0.1) is 0 Å². The van der Waals surface area contributed by atoms with Gasteiger partial charge in [0.1, 0.15) is 54.4 Å². The van der Waals surface area contributed by atoms with Crippen LogP contribution < -0.4 is 70.8 Å². The maximum atomic E-state index is 14.7. The van der Waals surface area contributed by atoms with Gasteiger partial charge in [-0.2, -0.15) is 11.8 Å². The number of carbonyl (C=O) groups is 12. The Morgan fingerprint density at radius 3 is 1.45 bits per heavy atom. The van der Waals surface area contributed by atoms with Crippen LogP contribution in [-0.2, 0) is 70.4 Å². The minimum atomic E-state index is -1.97.